The van der Waals surface area contributed by atoms with E-state index in [0.29, 0.717) is 17.0 Å². The van der Waals surface area contributed by atoms with E-state index in [1.54, 1.807) is 30.6 Å². The molecule has 3 N–H and O–H groups in total. The Bertz CT molecular complexity index is 1590. The van der Waals surface area contributed by atoms with Crippen molar-refractivity contribution in [1.29, 1.82) is 0 Å². The summed E-state index contributed by atoms with van der Waals surface area (Å²) < 4.78 is 33.1. The zero-order valence-electron chi connectivity index (χ0n) is 20.7. The van der Waals surface area contributed by atoms with E-state index in [2.05, 4.69) is 10.3 Å². The standard InChI is InChI=1S/C27H26N4O6S/c1-18-6-5-8-22(26(32)30-34)25(18)31(2)38(35,36)21-13-11-20(12-14-21)37-17-16-28-27(33)24-15-10-19-7-3-4-9-23(19)29-24/h3-15,34H,16-17H2,1-2H3,(H,28,33)(H,30,32). The average Bonchev–Trinajstić information content (AvgIpc) is 2.94. The Hall–Kier alpha value is -4.48. The summed E-state index contributed by atoms with van der Waals surface area (Å²) in [6.45, 7) is 2.05. The van der Waals surface area contributed by atoms with Crippen LogP contribution in [0.2, 0.25) is 0 Å². The Labute approximate surface area is 219 Å². The van der Waals surface area contributed by atoms with Crippen LogP contribution in [-0.2, 0) is 10.0 Å². The van der Waals surface area contributed by atoms with E-state index < -0.39 is 15.9 Å². The van der Waals surface area contributed by atoms with E-state index in [9.17, 15) is 18.0 Å². The number of pyridine rings is 1. The number of sulfonamides is 1. The monoisotopic (exact) mass is 534 g/mol. The molecule has 0 unspecified atom stereocenters. The summed E-state index contributed by atoms with van der Waals surface area (Å²) in [4.78, 5) is 28.8. The number of carbonyl (C=O) groups excluding carboxylic acids is 2. The summed E-state index contributed by atoms with van der Waals surface area (Å²) in [5.74, 6) is -0.729. The number of amides is 2. The second-order valence-corrected chi connectivity index (χ2v) is 10.3. The molecule has 0 atom stereocenters. The van der Waals surface area contributed by atoms with Crippen LogP contribution in [0.4, 0.5) is 5.69 Å². The molecule has 196 valence electrons. The summed E-state index contributed by atoms with van der Waals surface area (Å²) >= 11 is 0. The minimum absolute atomic E-state index is 0.0124. The lowest BCUT2D eigenvalue weighted by atomic mass is 10.1. The number of hydrogen-bond donors (Lipinski definition) is 3. The number of aromatic nitrogens is 1. The van der Waals surface area contributed by atoms with Gasteiger partial charge in [-0.05, 0) is 55.0 Å². The van der Waals surface area contributed by atoms with Crippen LogP contribution in [0.1, 0.15) is 26.4 Å². The lowest BCUT2D eigenvalue weighted by molar-refractivity contribution is 0.0707. The van der Waals surface area contributed by atoms with Gasteiger partial charge in [-0.1, -0.05) is 36.4 Å². The van der Waals surface area contributed by atoms with Crippen LogP contribution < -0.4 is 19.8 Å². The molecule has 1 heterocycles. The van der Waals surface area contributed by atoms with Crippen LogP contribution in [-0.4, -0.2) is 50.6 Å². The van der Waals surface area contributed by atoms with E-state index in [1.807, 2.05) is 30.3 Å². The predicted molar refractivity (Wildman–Crippen MR) is 142 cm³/mol. The van der Waals surface area contributed by atoms with Gasteiger partial charge in [0.15, 0.2) is 0 Å². The average molecular weight is 535 g/mol. The second-order valence-electron chi connectivity index (χ2n) is 8.35. The highest BCUT2D eigenvalue weighted by atomic mass is 32.2. The molecule has 4 rings (SSSR count). The lowest BCUT2D eigenvalue weighted by Crippen LogP contribution is -2.30. The van der Waals surface area contributed by atoms with Gasteiger partial charge in [0.2, 0.25) is 0 Å². The molecule has 0 aliphatic rings. The van der Waals surface area contributed by atoms with Crippen LogP contribution in [0.25, 0.3) is 10.9 Å². The largest absolute Gasteiger partial charge is 0.492 e. The number of carbonyl (C=O) groups is 2. The normalized spacial score (nSPS) is 11.1. The molecule has 0 aliphatic heterocycles. The topological polar surface area (TPSA) is 138 Å². The number of ether oxygens (including phenoxy) is 1. The zero-order valence-corrected chi connectivity index (χ0v) is 21.5. The first-order valence-corrected chi connectivity index (χ1v) is 13.1. The molecule has 1 aromatic heterocycles. The molecule has 0 bridgehead atoms. The summed E-state index contributed by atoms with van der Waals surface area (Å²) in [5.41, 5.74) is 3.28. The third-order valence-electron chi connectivity index (χ3n) is 5.87. The first-order valence-electron chi connectivity index (χ1n) is 11.6. The Balaban J connectivity index is 1.37. The molecule has 0 saturated carbocycles. The van der Waals surface area contributed by atoms with E-state index in [4.69, 9.17) is 9.94 Å². The Morgan fingerprint density at radius 2 is 1.68 bits per heavy atom. The fraction of sp³-hybridized carbons (Fsp3) is 0.148. The SMILES string of the molecule is Cc1cccc(C(=O)NO)c1N(C)S(=O)(=O)c1ccc(OCCNC(=O)c2ccc3ccccc3n2)cc1. The maximum absolute atomic E-state index is 13.2. The number of benzene rings is 3. The molecule has 2 amide bonds. The molecule has 10 nitrogen and oxygen atoms in total. The smallest absolute Gasteiger partial charge is 0.276 e. The van der Waals surface area contributed by atoms with Crippen LogP contribution in [0, 0.1) is 6.92 Å². The van der Waals surface area contributed by atoms with E-state index in [0.717, 1.165) is 15.2 Å². The van der Waals surface area contributed by atoms with Gasteiger partial charge < -0.3 is 10.1 Å². The molecule has 0 aliphatic carbocycles. The number of rotatable bonds is 9. The van der Waals surface area contributed by atoms with Crippen molar-refractivity contribution in [3.63, 3.8) is 0 Å². The van der Waals surface area contributed by atoms with Crippen molar-refractivity contribution >= 4 is 38.4 Å². The van der Waals surface area contributed by atoms with Gasteiger partial charge in [0.05, 0.1) is 28.2 Å². The molecule has 3 aromatic carbocycles. The van der Waals surface area contributed by atoms with Gasteiger partial charge in [-0.2, -0.15) is 0 Å². The first kappa shape index (κ1) is 26.6. The van der Waals surface area contributed by atoms with Crippen LogP contribution in [0.3, 0.4) is 0 Å². The van der Waals surface area contributed by atoms with Crippen molar-refractivity contribution in [2.45, 2.75) is 11.8 Å². The number of hydroxylamine groups is 1. The molecule has 0 spiro atoms. The van der Waals surface area contributed by atoms with Gasteiger partial charge in [-0.25, -0.2) is 18.9 Å². The molecular weight excluding hydrogens is 508 g/mol. The Kier molecular flexibility index (Phi) is 7.89. The number of nitrogens with one attached hydrogen (secondary N) is 2. The van der Waals surface area contributed by atoms with Crippen molar-refractivity contribution in [2.24, 2.45) is 0 Å². The quantitative estimate of drug-likeness (QED) is 0.170. The van der Waals surface area contributed by atoms with Crippen molar-refractivity contribution in [3.8, 4) is 5.75 Å². The van der Waals surface area contributed by atoms with E-state index in [-0.39, 0.29) is 35.2 Å². The third-order valence-corrected chi connectivity index (χ3v) is 7.64. The van der Waals surface area contributed by atoms with Gasteiger partial charge in [0, 0.05) is 12.4 Å². The Morgan fingerprint density at radius 1 is 0.947 bits per heavy atom. The first-order chi connectivity index (χ1) is 18.2. The highest BCUT2D eigenvalue weighted by molar-refractivity contribution is 7.92. The molecule has 0 saturated heterocycles. The van der Waals surface area contributed by atoms with E-state index in [1.165, 1.54) is 37.4 Å². The number of fused-ring (bicyclic) bond motifs is 1. The minimum atomic E-state index is -4.03. The predicted octanol–water partition coefficient (Wildman–Crippen LogP) is 3.30. The molecule has 0 radical (unpaired) electrons. The highest BCUT2D eigenvalue weighted by Crippen LogP contribution is 2.30. The summed E-state index contributed by atoms with van der Waals surface area (Å²) in [7, 11) is -2.69. The van der Waals surface area contributed by atoms with Crippen LogP contribution >= 0.6 is 0 Å². The minimum Gasteiger partial charge on any atom is -0.492 e. The van der Waals surface area contributed by atoms with Gasteiger partial charge in [0.25, 0.3) is 21.8 Å². The highest BCUT2D eigenvalue weighted by Gasteiger charge is 2.26. The van der Waals surface area contributed by atoms with Gasteiger partial charge in [-0.15, -0.1) is 0 Å². The zero-order chi connectivity index (χ0) is 27.3. The summed E-state index contributed by atoms with van der Waals surface area (Å²) in [6, 6.07) is 21.5. The van der Waals surface area contributed by atoms with Crippen molar-refractivity contribution < 1.29 is 28.0 Å². The molecule has 4 aromatic rings. The van der Waals surface area contributed by atoms with E-state index >= 15 is 0 Å². The van der Waals surface area contributed by atoms with Gasteiger partial charge >= 0.3 is 0 Å². The van der Waals surface area contributed by atoms with Crippen molar-refractivity contribution in [3.05, 3.63) is 95.7 Å². The number of aryl methyl sites for hydroxylation is 1. The Morgan fingerprint density at radius 3 is 2.42 bits per heavy atom. The fourth-order valence-electron chi connectivity index (χ4n) is 3.92. The number of hydrogen-bond acceptors (Lipinski definition) is 7. The van der Waals surface area contributed by atoms with Crippen molar-refractivity contribution in [1.82, 2.24) is 15.8 Å². The number of para-hydroxylation sites is 2. The van der Waals surface area contributed by atoms with Gasteiger partial charge in [-0.3, -0.25) is 19.1 Å². The molecule has 0 fully saturated rings. The van der Waals surface area contributed by atoms with Crippen LogP contribution in [0.15, 0.2) is 83.8 Å². The lowest BCUT2D eigenvalue weighted by Gasteiger charge is -2.23. The molecular formula is C27H26N4O6S. The summed E-state index contributed by atoms with van der Waals surface area (Å²) in [6.07, 6.45) is 0. The maximum Gasteiger partial charge on any atom is 0.276 e. The van der Waals surface area contributed by atoms with Crippen LogP contribution in [0.5, 0.6) is 5.75 Å². The number of anilines is 1. The van der Waals surface area contributed by atoms with Crippen molar-refractivity contribution in [2.75, 3.05) is 24.5 Å². The third kappa shape index (κ3) is 5.58. The molecule has 11 heteroatoms. The van der Waals surface area contributed by atoms with Gasteiger partial charge in [0.1, 0.15) is 18.1 Å². The second kappa shape index (κ2) is 11.3. The molecule has 38 heavy (non-hydrogen) atoms. The maximum atomic E-state index is 13.2. The fourth-order valence-corrected chi connectivity index (χ4v) is 5.20. The summed E-state index contributed by atoms with van der Waals surface area (Å²) in [5, 5.41) is 12.7. The number of nitrogens with zero attached hydrogens (tertiary/aromatic N) is 2.